The fraction of sp³-hybridized carbons (Fsp3) is 0.0769. The second-order valence-electron chi connectivity index (χ2n) is 4.22. The molecule has 4 N–H and O–H groups in total. The number of aryl methyl sites for hydroxylation is 1. The van der Waals surface area contributed by atoms with Gasteiger partial charge in [0.25, 0.3) is 5.91 Å². The Morgan fingerprint density at radius 1 is 1.47 bits per heavy atom. The molecule has 6 heteroatoms. The van der Waals surface area contributed by atoms with Crippen LogP contribution >= 0.6 is 11.3 Å². The molecule has 0 saturated carbocycles. The van der Waals surface area contributed by atoms with Crippen LogP contribution < -0.4 is 11.1 Å². The summed E-state index contributed by atoms with van der Waals surface area (Å²) in [4.78, 5) is 20.3. The summed E-state index contributed by atoms with van der Waals surface area (Å²) < 4.78 is 0. The second kappa shape index (κ2) is 4.40. The van der Waals surface area contributed by atoms with Crippen LogP contribution in [0.3, 0.4) is 0 Å². The van der Waals surface area contributed by atoms with Crippen molar-refractivity contribution in [2.45, 2.75) is 6.92 Å². The van der Waals surface area contributed by atoms with Crippen LogP contribution in [0.5, 0.6) is 0 Å². The average molecular weight is 272 g/mol. The van der Waals surface area contributed by atoms with E-state index < -0.39 is 0 Å². The normalized spacial score (nSPS) is 10.8. The number of amides is 1. The quantitative estimate of drug-likeness (QED) is 0.627. The van der Waals surface area contributed by atoms with Gasteiger partial charge in [0.15, 0.2) is 5.13 Å². The van der Waals surface area contributed by atoms with Crippen LogP contribution in [0.4, 0.5) is 10.8 Å². The van der Waals surface area contributed by atoms with Gasteiger partial charge < -0.3 is 10.7 Å². The summed E-state index contributed by atoms with van der Waals surface area (Å²) in [7, 11) is 0. The summed E-state index contributed by atoms with van der Waals surface area (Å²) in [6.07, 6.45) is 1.73. The lowest BCUT2D eigenvalue weighted by atomic mass is 10.2. The second-order valence-corrected chi connectivity index (χ2v) is 5.46. The van der Waals surface area contributed by atoms with Crippen molar-refractivity contribution in [3.8, 4) is 0 Å². The third-order valence-electron chi connectivity index (χ3n) is 2.77. The van der Waals surface area contributed by atoms with Crippen LogP contribution in [0.1, 0.15) is 15.4 Å². The zero-order chi connectivity index (χ0) is 13.4. The summed E-state index contributed by atoms with van der Waals surface area (Å²) in [5.41, 5.74) is 7.73. The lowest BCUT2D eigenvalue weighted by Crippen LogP contribution is -2.11. The van der Waals surface area contributed by atoms with Gasteiger partial charge in [-0.3, -0.25) is 10.1 Å². The van der Waals surface area contributed by atoms with Crippen LogP contribution in [0, 0.1) is 6.92 Å². The number of H-pyrrole nitrogens is 1. The van der Waals surface area contributed by atoms with Gasteiger partial charge in [0.2, 0.25) is 0 Å². The van der Waals surface area contributed by atoms with Gasteiger partial charge in [-0.1, -0.05) is 12.1 Å². The number of fused-ring (bicyclic) bond motifs is 1. The molecule has 3 aromatic rings. The first-order valence-corrected chi connectivity index (χ1v) is 6.56. The lowest BCUT2D eigenvalue weighted by Gasteiger charge is -1.98. The van der Waals surface area contributed by atoms with Crippen molar-refractivity contribution in [1.29, 1.82) is 0 Å². The number of carbonyl (C=O) groups is 1. The number of hydrogen-bond donors (Lipinski definition) is 3. The van der Waals surface area contributed by atoms with Crippen molar-refractivity contribution < 1.29 is 4.79 Å². The fourth-order valence-electron chi connectivity index (χ4n) is 1.88. The molecular formula is C13H12N4OS. The Balaban J connectivity index is 1.91. The van der Waals surface area contributed by atoms with Crippen molar-refractivity contribution >= 4 is 39.0 Å². The highest BCUT2D eigenvalue weighted by Crippen LogP contribution is 2.22. The molecule has 0 aliphatic heterocycles. The van der Waals surface area contributed by atoms with Crippen LogP contribution in [-0.2, 0) is 0 Å². The maximum Gasteiger partial charge on any atom is 0.273 e. The molecule has 3 rings (SSSR count). The average Bonchev–Trinajstić information content (AvgIpc) is 2.96. The Morgan fingerprint density at radius 2 is 2.32 bits per heavy atom. The molecule has 0 unspecified atom stereocenters. The SMILES string of the molecule is Cc1cnc(NC(=O)c2cc3cccc(N)c3[nH]2)s1. The Bertz CT molecular complexity index is 759. The summed E-state index contributed by atoms with van der Waals surface area (Å²) >= 11 is 1.44. The number of benzene rings is 1. The number of aromatic amines is 1. The largest absolute Gasteiger partial charge is 0.397 e. The van der Waals surface area contributed by atoms with Crippen molar-refractivity contribution in [3.63, 3.8) is 0 Å². The molecule has 2 aromatic heterocycles. The third kappa shape index (κ3) is 2.17. The van der Waals surface area contributed by atoms with Gasteiger partial charge in [-0.25, -0.2) is 4.98 Å². The number of carbonyl (C=O) groups excluding carboxylic acids is 1. The fourth-order valence-corrected chi connectivity index (χ4v) is 2.54. The molecule has 5 nitrogen and oxygen atoms in total. The minimum atomic E-state index is -0.218. The molecule has 0 atom stereocenters. The number of aromatic nitrogens is 2. The highest BCUT2D eigenvalue weighted by molar-refractivity contribution is 7.15. The number of nitrogens with zero attached hydrogens (tertiary/aromatic N) is 1. The van der Waals surface area contributed by atoms with E-state index in [0.717, 1.165) is 15.8 Å². The summed E-state index contributed by atoms with van der Waals surface area (Å²) in [6, 6.07) is 7.34. The first-order chi connectivity index (χ1) is 9.13. The highest BCUT2D eigenvalue weighted by atomic mass is 32.1. The summed E-state index contributed by atoms with van der Waals surface area (Å²) in [5.74, 6) is -0.218. The van der Waals surface area contributed by atoms with E-state index in [1.807, 2.05) is 19.1 Å². The van der Waals surface area contributed by atoms with Gasteiger partial charge in [-0.15, -0.1) is 11.3 Å². The van der Waals surface area contributed by atoms with E-state index in [1.165, 1.54) is 11.3 Å². The van der Waals surface area contributed by atoms with Crippen LogP contribution in [0.2, 0.25) is 0 Å². The van der Waals surface area contributed by atoms with Gasteiger partial charge in [-0.05, 0) is 19.1 Å². The molecule has 0 aliphatic rings. The molecule has 2 heterocycles. The van der Waals surface area contributed by atoms with E-state index in [-0.39, 0.29) is 5.91 Å². The summed E-state index contributed by atoms with van der Waals surface area (Å²) in [5, 5.41) is 4.26. The van der Waals surface area contributed by atoms with E-state index in [4.69, 9.17) is 5.73 Å². The number of hydrogen-bond acceptors (Lipinski definition) is 4. The van der Waals surface area contributed by atoms with Crippen LogP contribution in [0.25, 0.3) is 10.9 Å². The number of nitrogens with two attached hydrogens (primary N) is 1. The van der Waals surface area contributed by atoms with Crippen molar-refractivity contribution in [2.75, 3.05) is 11.1 Å². The van der Waals surface area contributed by atoms with Gasteiger partial charge in [0.05, 0.1) is 11.2 Å². The smallest absolute Gasteiger partial charge is 0.273 e. The minimum Gasteiger partial charge on any atom is -0.397 e. The molecule has 19 heavy (non-hydrogen) atoms. The molecule has 0 aliphatic carbocycles. The van der Waals surface area contributed by atoms with Gasteiger partial charge in [0.1, 0.15) is 5.69 Å². The van der Waals surface area contributed by atoms with E-state index >= 15 is 0 Å². The Labute approximate surface area is 113 Å². The van der Waals surface area contributed by atoms with Crippen LogP contribution in [-0.4, -0.2) is 15.9 Å². The van der Waals surface area contributed by atoms with Crippen molar-refractivity contribution in [3.05, 3.63) is 41.0 Å². The minimum absolute atomic E-state index is 0.218. The Hall–Kier alpha value is -2.34. The molecule has 0 spiro atoms. The zero-order valence-corrected chi connectivity index (χ0v) is 11.0. The molecular weight excluding hydrogens is 260 g/mol. The van der Waals surface area contributed by atoms with Gasteiger partial charge in [-0.2, -0.15) is 0 Å². The van der Waals surface area contributed by atoms with Gasteiger partial charge >= 0.3 is 0 Å². The molecule has 0 bridgehead atoms. The van der Waals surface area contributed by atoms with E-state index in [2.05, 4.69) is 15.3 Å². The Morgan fingerprint density at radius 3 is 3.00 bits per heavy atom. The standard InChI is InChI=1S/C13H12N4OS/c1-7-6-15-13(19-7)17-12(18)10-5-8-3-2-4-9(14)11(8)16-10/h2-6,16H,14H2,1H3,(H,15,17,18). The predicted octanol–water partition coefficient (Wildman–Crippen LogP) is 2.77. The van der Waals surface area contributed by atoms with Crippen molar-refractivity contribution in [2.24, 2.45) is 0 Å². The molecule has 96 valence electrons. The maximum atomic E-state index is 12.1. The summed E-state index contributed by atoms with van der Waals surface area (Å²) in [6.45, 7) is 1.94. The third-order valence-corrected chi connectivity index (χ3v) is 3.60. The van der Waals surface area contributed by atoms with Gasteiger partial charge in [0, 0.05) is 16.5 Å². The van der Waals surface area contributed by atoms with Crippen molar-refractivity contribution in [1.82, 2.24) is 9.97 Å². The maximum absolute atomic E-state index is 12.1. The first kappa shape index (κ1) is 11.7. The Kier molecular flexibility index (Phi) is 2.72. The topological polar surface area (TPSA) is 83.8 Å². The first-order valence-electron chi connectivity index (χ1n) is 5.74. The van der Waals surface area contributed by atoms with E-state index in [1.54, 1.807) is 18.3 Å². The molecule has 0 saturated heterocycles. The molecule has 0 fully saturated rings. The zero-order valence-electron chi connectivity index (χ0n) is 10.2. The van der Waals surface area contributed by atoms with E-state index in [0.29, 0.717) is 16.5 Å². The number of para-hydroxylation sites is 1. The number of nitrogen functional groups attached to an aromatic ring is 1. The van der Waals surface area contributed by atoms with E-state index in [9.17, 15) is 4.79 Å². The predicted molar refractivity (Wildman–Crippen MR) is 77.5 cm³/mol. The monoisotopic (exact) mass is 272 g/mol. The molecule has 1 amide bonds. The van der Waals surface area contributed by atoms with Crippen LogP contribution in [0.15, 0.2) is 30.5 Å². The molecule has 1 aromatic carbocycles. The lowest BCUT2D eigenvalue weighted by molar-refractivity contribution is 0.102. The molecule has 0 radical (unpaired) electrons. The highest BCUT2D eigenvalue weighted by Gasteiger charge is 2.12. The number of anilines is 2. The number of nitrogens with one attached hydrogen (secondary N) is 2. The number of thiazole rings is 1. The number of rotatable bonds is 2.